The number of carbonyl (C=O) groups is 2. The molecule has 5 aromatic rings. The quantitative estimate of drug-likeness (QED) is 0.183. The first-order chi connectivity index (χ1) is 20.1. The molecule has 0 bridgehead atoms. The second-order valence-electron chi connectivity index (χ2n) is 10.1. The Labute approximate surface area is 244 Å². The van der Waals surface area contributed by atoms with E-state index in [9.17, 15) is 9.59 Å². The normalized spacial score (nSPS) is 17.0. The molecule has 1 heterocycles. The molecule has 1 amide bonds. The molecular weight excluding hydrogens is 526 g/mol. The summed E-state index contributed by atoms with van der Waals surface area (Å²) in [6.45, 7) is 0. The first-order valence-electron chi connectivity index (χ1n) is 13.5. The lowest BCUT2D eigenvalue weighted by Crippen LogP contribution is -2.59. The van der Waals surface area contributed by atoms with E-state index < -0.39 is 11.1 Å². The molecule has 1 fully saturated rings. The Balaban J connectivity index is 1.72. The van der Waals surface area contributed by atoms with Crippen LogP contribution in [0.3, 0.4) is 0 Å². The third-order valence-electron chi connectivity index (χ3n) is 7.86. The standard InChI is InChI=1S/C36H29NO3S/c1-40-32-24-22-27(23-25-32)26-35(28-14-6-2-7-15-28)33(38)41-34(39)37(35)36(29-16-8-3-9-17-29,30-18-10-4-11-19-30)31-20-12-5-13-21-31/h2-25H,26H2,1H3. The Hall–Kier alpha value is -4.61. The molecule has 5 aromatic carbocycles. The number of thioether (sulfide) groups is 1. The van der Waals surface area contributed by atoms with Crippen molar-refractivity contribution in [2.24, 2.45) is 0 Å². The third-order valence-corrected chi connectivity index (χ3v) is 8.74. The predicted octanol–water partition coefficient (Wildman–Crippen LogP) is 7.82. The lowest BCUT2D eigenvalue weighted by molar-refractivity contribution is -0.121. The van der Waals surface area contributed by atoms with E-state index in [1.807, 2.05) is 150 Å². The second-order valence-corrected chi connectivity index (χ2v) is 11.0. The molecule has 41 heavy (non-hydrogen) atoms. The monoisotopic (exact) mass is 555 g/mol. The summed E-state index contributed by atoms with van der Waals surface area (Å²) in [5.74, 6) is 0.731. The molecule has 1 atom stereocenters. The van der Waals surface area contributed by atoms with Gasteiger partial charge < -0.3 is 4.74 Å². The van der Waals surface area contributed by atoms with Gasteiger partial charge >= 0.3 is 0 Å². The minimum atomic E-state index is -1.31. The molecule has 6 rings (SSSR count). The van der Waals surface area contributed by atoms with Crippen LogP contribution >= 0.6 is 11.8 Å². The van der Waals surface area contributed by atoms with Crippen LogP contribution in [0, 0.1) is 0 Å². The van der Waals surface area contributed by atoms with Crippen LogP contribution in [-0.4, -0.2) is 22.4 Å². The van der Waals surface area contributed by atoms with Crippen molar-refractivity contribution in [2.75, 3.05) is 7.11 Å². The zero-order valence-electron chi connectivity index (χ0n) is 22.6. The van der Waals surface area contributed by atoms with Crippen LogP contribution < -0.4 is 4.74 Å². The van der Waals surface area contributed by atoms with E-state index >= 15 is 0 Å². The maximum absolute atomic E-state index is 14.5. The molecule has 0 aromatic heterocycles. The molecule has 4 nitrogen and oxygen atoms in total. The van der Waals surface area contributed by atoms with Crippen LogP contribution in [0.2, 0.25) is 0 Å². The lowest BCUT2D eigenvalue weighted by atomic mass is 9.71. The number of benzene rings is 5. The molecule has 0 radical (unpaired) electrons. The maximum Gasteiger partial charge on any atom is 0.291 e. The molecule has 0 aliphatic carbocycles. The summed E-state index contributed by atoms with van der Waals surface area (Å²) in [4.78, 5) is 30.8. The number of ether oxygens (including phenoxy) is 1. The van der Waals surface area contributed by atoms with Crippen molar-refractivity contribution < 1.29 is 14.3 Å². The Morgan fingerprint density at radius 1 is 0.634 bits per heavy atom. The topological polar surface area (TPSA) is 46.6 Å². The van der Waals surface area contributed by atoms with Crippen molar-refractivity contribution in [3.8, 4) is 5.75 Å². The van der Waals surface area contributed by atoms with E-state index in [0.717, 1.165) is 45.3 Å². The highest BCUT2D eigenvalue weighted by atomic mass is 32.2. The molecule has 202 valence electrons. The minimum Gasteiger partial charge on any atom is -0.497 e. The van der Waals surface area contributed by atoms with Crippen molar-refractivity contribution in [2.45, 2.75) is 17.5 Å². The Bertz CT molecular complexity index is 1550. The van der Waals surface area contributed by atoms with Gasteiger partial charge in [-0.15, -0.1) is 0 Å². The maximum atomic E-state index is 14.5. The second kappa shape index (κ2) is 11.1. The fraction of sp³-hybridized carbons (Fsp3) is 0.111. The molecular formula is C36H29NO3S. The number of nitrogens with zero attached hydrogens (tertiary/aromatic N) is 1. The van der Waals surface area contributed by atoms with Gasteiger partial charge in [0.2, 0.25) is 5.12 Å². The Morgan fingerprint density at radius 3 is 1.51 bits per heavy atom. The van der Waals surface area contributed by atoms with Crippen LogP contribution in [0.5, 0.6) is 5.75 Å². The summed E-state index contributed by atoms with van der Waals surface area (Å²) >= 11 is 0.791. The van der Waals surface area contributed by atoms with E-state index in [-0.39, 0.29) is 10.4 Å². The highest BCUT2D eigenvalue weighted by Gasteiger charge is 2.63. The number of carbonyl (C=O) groups excluding carboxylic acids is 2. The minimum absolute atomic E-state index is 0.198. The number of methoxy groups -OCH3 is 1. The van der Waals surface area contributed by atoms with E-state index in [1.54, 1.807) is 7.11 Å². The largest absolute Gasteiger partial charge is 0.497 e. The number of hydrogen-bond donors (Lipinski definition) is 0. The van der Waals surface area contributed by atoms with E-state index in [2.05, 4.69) is 0 Å². The fourth-order valence-corrected chi connectivity index (χ4v) is 7.05. The molecule has 0 spiro atoms. The van der Waals surface area contributed by atoms with Gasteiger partial charge in [0.05, 0.1) is 7.11 Å². The fourth-order valence-electron chi connectivity index (χ4n) is 6.06. The van der Waals surface area contributed by atoms with Gasteiger partial charge in [0.15, 0.2) is 0 Å². The average molecular weight is 556 g/mol. The summed E-state index contributed by atoms with van der Waals surface area (Å²) in [7, 11) is 1.63. The van der Waals surface area contributed by atoms with Crippen LogP contribution in [0.25, 0.3) is 0 Å². The summed E-state index contributed by atoms with van der Waals surface area (Å²) in [6, 6.07) is 47.5. The summed E-state index contributed by atoms with van der Waals surface area (Å²) in [5.41, 5.74) is 1.97. The highest BCUT2D eigenvalue weighted by Crippen LogP contribution is 2.55. The van der Waals surface area contributed by atoms with Crippen molar-refractivity contribution in [3.63, 3.8) is 0 Å². The zero-order chi connectivity index (χ0) is 28.3. The molecule has 1 aliphatic heterocycles. The molecule has 1 aliphatic rings. The zero-order valence-corrected chi connectivity index (χ0v) is 23.5. The number of hydrogen-bond acceptors (Lipinski definition) is 4. The molecule has 1 unspecified atom stereocenters. The van der Waals surface area contributed by atoms with Crippen LogP contribution in [0.4, 0.5) is 4.79 Å². The smallest absolute Gasteiger partial charge is 0.291 e. The summed E-state index contributed by atoms with van der Waals surface area (Å²) in [5, 5.41) is -0.486. The van der Waals surface area contributed by atoms with Crippen molar-refractivity contribution in [3.05, 3.63) is 173 Å². The number of rotatable bonds is 8. The van der Waals surface area contributed by atoms with Crippen LogP contribution in [0.15, 0.2) is 146 Å². The van der Waals surface area contributed by atoms with Crippen LogP contribution in [-0.2, 0) is 22.3 Å². The van der Waals surface area contributed by atoms with Gasteiger partial charge in [0.1, 0.15) is 16.8 Å². The summed E-state index contributed by atoms with van der Waals surface area (Å²) < 4.78 is 5.40. The molecule has 0 N–H and O–H groups in total. The molecule has 5 heteroatoms. The van der Waals surface area contributed by atoms with E-state index in [4.69, 9.17) is 4.74 Å². The van der Waals surface area contributed by atoms with Gasteiger partial charge in [0.25, 0.3) is 5.24 Å². The van der Waals surface area contributed by atoms with Gasteiger partial charge in [-0.05, 0) is 39.9 Å². The molecule has 0 saturated carbocycles. The first-order valence-corrected chi connectivity index (χ1v) is 14.3. The SMILES string of the molecule is COc1ccc(CC2(c3ccccc3)C(=O)SC(=O)N2C(c2ccccc2)(c2ccccc2)c2ccccc2)cc1. The van der Waals surface area contributed by atoms with Gasteiger partial charge in [-0.25, -0.2) is 0 Å². The van der Waals surface area contributed by atoms with Gasteiger partial charge in [-0.3, -0.25) is 14.5 Å². The predicted molar refractivity (Wildman–Crippen MR) is 164 cm³/mol. The van der Waals surface area contributed by atoms with Crippen LogP contribution in [0.1, 0.15) is 27.8 Å². The van der Waals surface area contributed by atoms with E-state index in [0.29, 0.717) is 6.42 Å². The van der Waals surface area contributed by atoms with Gasteiger partial charge in [0, 0.05) is 18.2 Å². The van der Waals surface area contributed by atoms with Gasteiger partial charge in [-0.1, -0.05) is 133 Å². The third kappa shape index (κ3) is 4.43. The van der Waals surface area contributed by atoms with Crippen molar-refractivity contribution in [1.29, 1.82) is 0 Å². The van der Waals surface area contributed by atoms with E-state index in [1.165, 1.54) is 0 Å². The first kappa shape index (κ1) is 26.6. The lowest BCUT2D eigenvalue weighted by Gasteiger charge is -2.50. The summed E-state index contributed by atoms with van der Waals surface area (Å²) in [6.07, 6.45) is 0.298. The van der Waals surface area contributed by atoms with Gasteiger partial charge in [-0.2, -0.15) is 0 Å². The van der Waals surface area contributed by atoms with Crippen molar-refractivity contribution >= 4 is 22.1 Å². The Morgan fingerprint density at radius 2 is 1.07 bits per heavy atom. The Kier molecular flexibility index (Phi) is 7.21. The highest BCUT2D eigenvalue weighted by molar-refractivity contribution is 8.26. The van der Waals surface area contributed by atoms with Crippen molar-refractivity contribution in [1.82, 2.24) is 4.90 Å². The molecule has 1 saturated heterocycles. The number of amides is 1. The average Bonchev–Trinajstić information content (AvgIpc) is 3.29.